The fourth-order valence-corrected chi connectivity index (χ4v) is 2.75. The first-order valence-electron chi connectivity index (χ1n) is 7.55. The lowest BCUT2D eigenvalue weighted by atomic mass is 9.87. The Kier molecular flexibility index (Phi) is 5.20. The van der Waals surface area contributed by atoms with Crippen LogP contribution < -0.4 is 0 Å². The molecule has 0 amide bonds. The van der Waals surface area contributed by atoms with E-state index in [4.69, 9.17) is 4.55 Å². The van der Waals surface area contributed by atoms with E-state index in [-0.39, 0.29) is 16.9 Å². The van der Waals surface area contributed by atoms with Gasteiger partial charge in [-0.05, 0) is 23.1 Å². The SMILES string of the molecule is CC(C)(C)c1ccc(O)c(N=Nc2cc([N+](=O)[O-])cc(S(=O)(=O)O)c2O)c1. The topological polar surface area (TPSA) is 163 Å². The number of rotatable bonds is 4. The molecule has 0 aliphatic rings. The lowest BCUT2D eigenvalue weighted by Crippen LogP contribution is -2.10. The van der Waals surface area contributed by atoms with Gasteiger partial charge in [0.1, 0.15) is 22.0 Å². The molecule has 0 saturated heterocycles. The number of nitro groups is 1. The Morgan fingerprint density at radius 2 is 1.63 bits per heavy atom. The standard InChI is InChI=1S/C16H17N3O7S/c1-16(2,3)9-4-5-13(20)11(6-9)17-18-12-7-10(19(22)23)8-14(15(12)21)27(24,25)26/h4-8,20-21H,1-3H3,(H,24,25,26). The van der Waals surface area contributed by atoms with Crippen molar-refractivity contribution in [2.75, 3.05) is 0 Å². The molecule has 11 heteroatoms. The Hall–Kier alpha value is -3.05. The van der Waals surface area contributed by atoms with E-state index in [1.165, 1.54) is 12.1 Å². The molecule has 0 saturated carbocycles. The molecule has 2 aromatic rings. The van der Waals surface area contributed by atoms with Crippen LogP contribution in [0.1, 0.15) is 26.3 Å². The van der Waals surface area contributed by atoms with Gasteiger partial charge in [0.05, 0.1) is 4.92 Å². The average Bonchev–Trinajstić information content (AvgIpc) is 2.52. The number of benzene rings is 2. The zero-order chi connectivity index (χ0) is 20.6. The number of phenols is 2. The maximum Gasteiger partial charge on any atom is 0.298 e. The summed E-state index contributed by atoms with van der Waals surface area (Å²) in [5, 5.41) is 38.2. The van der Waals surface area contributed by atoms with Crippen LogP contribution in [0.3, 0.4) is 0 Å². The van der Waals surface area contributed by atoms with Crippen LogP contribution in [0.25, 0.3) is 0 Å². The largest absolute Gasteiger partial charge is 0.506 e. The maximum atomic E-state index is 11.3. The molecule has 144 valence electrons. The minimum atomic E-state index is -4.93. The Labute approximate surface area is 154 Å². The van der Waals surface area contributed by atoms with Gasteiger partial charge >= 0.3 is 0 Å². The van der Waals surface area contributed by atoms with Gasteiger partial charge in [-0.2, -0.15) is 8.42 Å². The molecule has 2 aromatic carbocycles. The smallest absolute Gasteiger partial charge is 0.298 e. The van der Waals surface area contributed by atoms with Crippen molar-refractivity contribution in [3.05, 3.63) is 46.0 Å². The van der Waals surface area contributed by atoms with Crippen molar-refractivity contribution < 1.29 is 28.1 Å². The molecule has 0 unspecified atom stereocenters. The summed E-state index contributed by atoms with van der Waals surface area (Å²) >= 11 is 0. The highest BCUT2D eigenvalue weighted by atomic mass is 32.2. The number of phenolic OH excluding ortho intramolecular Hbond substituents is 2. The van der Waals surface area contributed by atoms with Gasteiger partial charge < -0.3 is 10.2 Å². The van der Waals surface area contributed by atoms with Crippen LogP contribution in [0.15, 0.2) is 45.5 Å². The lowest BCUT2D eigenvalue weighted by Gasteiger charge is -2.19. The molecule has 0 aliphatic carbocycles. The molecule has 0 heterocycles. The van der Waals surface area contributed by atoms with E-state index in [0.29, 0.717) is 6.07 Å². The Morgan fingerprint density at radius 3 is 2.15 bits per heavy atom. The third kappa shape index (κ3) is 4.57. The van der Waals surface area contributed by atoms with Crippen molar-refractivity contribution in [2.45, 2.75) is 31.1 Å². The van der Waals surface area contributed by atoms with Crippen LogP contribution >= 0.6 is 0 Å². The van der Waals surface area contributed by atoms with E-state index in [1.807, 2.05) is 20.8 Å². The molecule has 0 radical (unpaired) electrons. The van der Waals surface area contributed by atoms with Crippen LogP contribution in [0, 0.1) is 10.1 Å². The predicted molar refractivity (Wildman–Crippen MR) is 95.6 cm³/mol. The number of hydrogen-bond donors (Lipinski definition) is 3. The average molecular weight is 395 g/mol. The first-order valence-corrected chi connectivity index (χ1v) is 8.99. The summed E-state index contributed by atoms with van der Waals surface area (Å²) in [5.74, 6) is -1.23. The molecule has 0 aliphatic heterocycles. The summed E-state index contributed by atoms with van der Waals surface area (Å²) in [5.41, 5.74) is -0.707. The van der Waals surface area contributed by atoms with Crippen molar-refractivity contribution in [2.24, 2.45) is 10.2 Å². The summed E-state index contributed by atoms with van der Waals surface area (Å²) in [6.07, 6.45) is 0. The van der Waals surface area contributed by atoms with Crippen molar-refractivity contribution in [3.8, 4) is 11.5 Å². The molecular weight excluding hydrogens is 378 g/mol. The number of nitro benzene ring substituents is 1. The monoisotopic (exact) mass is 395 g/mol. The van der Waals surface area contributed by atoms with E-state index in [9.17, 15) is 28.7 Å². The van der Waals surface area contributed by atoms with Crippen LogP contribution in [0.2, 0.25) is 0 Å². The second kappa shape index (κ2) is 6.93. The van der Waals surface area contributed by atoms with Gasteiger partial charge in [0, 0.05) is 12.1 Å². The van der Waals surface area contributed by atoms with Gasteiger partial charge in [-0.15, -0.1) is 10.2 Å². The first kappa shape index (κ1) is 20.3. The van der Waals surface area contributed by atoms with Gasteiger partial charge in [-0.3, -0.25) is 14.7 Å². The van der Waals surface area contributed by atoms with Crippen LogP contribution in [0.4, 0.5) is 17.1 Å². The van der Waals surface area contributed by atoms with E-state index >= 15 is 0 Å². The van der Waals surface area contributed by atoms with E-state index in [2.05, 4.69) is 10.2 Å². The molecule has 0 fully saturated rings. The summed E-state index contributed by atoms with van der Waals surface area (Å²) in [4.78, 5) is 8.98. The first-order chi connectivity index (χ1) is 12.3. The summed E-state index contributed by atoms with van der Waals surface area (Å²) < 4.78 is 31.8. The van der Waals surface area contributed by atoms with Gasteiger partial charge in [0.25, 0.3) is 15.8 Å². The number of aromatic hydroxyl groups is 2. The van der Waals surface area contributed by atoms with Gasteiger partial charge in [0.2, 0.25) is 0 Å². The highest BCUT2D eigenvalue weighted by molar-refractivity contribution is 7.86. The molecule has 27 heavy (non-hydrogen) atoms. The van der Waals surface area contributed by atoms with Gasteiger partial charge in [-0.1, -0.05) is 26.8 Å². The Bertz CT molecular complexity index is 1040. The van der Waals surface area contributed by atoms with E-state index < -0.39 is 37.1 Å². The number of non-ortho nitro benzene ring substituents is 1. The van der Waals surface area contributed by atoms with Crippen molar-refractivity contribution in [1.29, 1.82) is 0 Å². The fourth-order valence-electron chi connectivity index (χ4n) is 2.14. The van der Waals surface area contributed by atoms with Gasteiger partial charge in [0.15, 0.2) is 5.75 Å². The van der Waals surface area contributed by atoms with Crippen LogP contribution in [-0.4, -0.2) is 28.1 Å². The normalized spacial score (nSPS) is 12.4. The van der Waals surface area contributed by atoms with Crippen LogP contribution in [0.5, 0.6) is 11.5 Å². The highest BCUT2D eigenvalue weighted by Crippen LogP contribution is 2.39. The number of azo groups is 1. The third-order valence-electron chi connectivity index (χ3n) is 3.64. The second-order valence-corrected chi connectivity index (χ2v) is 8.09. The van der Waals surface area contributed by atoms with Crippen LogP contribution in [-0.2, 0) is 15.5 Å². The van der Waals surface area contributed by atoms with E-state index in [1.54, 1.807) is 6.07 Å². The molecule has 10 nitrogen and oxygen atoms in total. The summed E-state index contributed by atoms with van der Waals surface area (Å²) in [6, 6.07) is 5.91. The number of hydrogen-bond acceptors (Lipinski definition) is 8. The molecule has 0 atom stereocenters. The van der Waals surface area contributed by atoms with Gasteiger partial charge in [-0.25, -0.2) is 0 Å². The molecule has 3 N–H and O–H groups in total. The fraction of sp³-hybridized carbons (Fsp3) is 0.250. The molecule has 0 bridgehead atoms. The molecule has 2 rings (SSSR count). The summed E-state index contributed by atoms with van der Waals surface area (Å²) in [6.45, 7) is 5.81. The molecular formula is C16H17N3O7S. The van der Waals surface area contributed by atoms with Crippen molar-refractivity contribution in [1.82, 2.24) is 0 Å². The molecule has 0 spiro atoms. The quantitative estimate of drug-likeness (QED) is 0.305. The van der Waals surface area contributed by atoms with E-state index in [0.717, 1.165) is 11.6 Å². The Morgan fingerprint density at radius 1 is 1.04 bits per heavy atom. The molecule has 0 aromatic heterocycles. The zero-order valence-electron chi connectivity index (χ0n) is 14.6. The summed E-state index contributed by atoms with van der Waals surface area (Å²) in [7, 11) is -4.93. The van der Waals surface area contributed by atoms with Crippen molar-refractivity contribution in [3.63, 3.8) is 0 Å². The van der Waals surface area contributed by atoms with Crippen molar-refractivity contribution >= 4 is 27.2 Å². The third-order valence-corrected chi connectivity index (χ3v) is 4.50. The lowest BCUT2D eigenvalue weighted by molar-refractivity contribution is -0.385. The minimum absolute atomic E-state index is 0.0155. The zero-order valence-corrected chi connectivity index (χ0v) is 15.4. The number of nitrogens with zero attached hydrogens (tertiary/aromatic N) is 3. The Balaban J connectivity index is 2.61. The predicted octanol–water partition coefficient (Wildman–Crippen LogP) is 3.97. The maximum absolute atomic E-state index is 11.3. The highest BCUT2D eigenvalue weighted by Gasteiger charge is 2.24. The minimum Gasteiger partial charge on any atom is -0.506 e. The second-order valence-electron chi connectivity index (χ2n) is 6.70.